The van der Waals surface area contributed by atoms with Crippen molar-refractivity contribution in [2.75, 3.05) is 4.90 Å². The van der Waals surface area contributed by atoms with Gasteiger partial charge in [-0.1, -0.05) is 18.2 Å². The Balaban J connectivity index is 1.89. The van der Waals surface area contributed by atoms with E-state index in [2.05, 4.69) is 91.1 Å². The lowest BCUT2D eigenvalue weighted by Gasteiger charge is -2.46. The molecule has 1 aliphatic heterocycles. The van der Waals surface area contributed by atoms with Crippen LogP contribution in [0.2, 0.25) is 0 Å². The summed E-state index contributed by atoms with van der Waals surface area (Å²) in [7, 11) is 0. The number of aryl methyl sites for hydroxylation is 1. The van der Waals surface area contributed by atoms with E-state index in [-0.39, 0.29) is 11.4 Å². The molecule has 0 aromatic heterocycles. The number of amides is 1. The smallest absolute Gasteiger partial charge is 0.272 e. The van der Waals surface area contributed by atoms with Gasteiger partial charge in [-0.05, 0) is 98.4 Å². The minimum Gasteiger partial charge on any atom is -0.360 e. The third kappa shape index (κ3) is 4.30. The van der Waals surface area contributed by atoms with Crippen molar-refractivity contribution < 1.29 is 4.79 Å². The molecule has 5 heteroatoms. The van der Waals surface area contributed by atoms with Crippen LogP contribution in [-0.4, -0.2) is 23.7 Å². The zero-order valence-corrected chi connectivity index (χ0v) is 19.5. The van der Waals surface area contributed by atoms with Crippen LogP contribution in [0, 0.1) is 6.92 Å². The number of nitrogens with one attached hydrogen (secondary N) is 1. The number of carbonyl (C=O) groups is 1. The number of benzene rings is 2. The first-order chi connectivity index (χ1) is 13.6. The van der Waals surface area contributed by atoms with Crippen LogP contribution in [0.3, 0.4) is 0 Å². The molecule has 1 heterocycles. The van der Waals surface area contributed by atoms with Gasteiger partial charge in [-0.2, -0.15) is 5.10 Å². The maximum Gasteiger partial charge on any atom is 0.272 e. The molecule has 152 valence electrons. The molecule has 0 bridgehead atoms. The maximum atomic E-state index is 12.3. The van der Waals surface area contributed by atoms with E-state index in [9.17, 15) is 4.79 Å². The van der Waals surface area contributed by atoms with Gasteiger partial charge in [-0.15, -0.1) is 0 Å². The Bertz CT molecular complexity index is 1010. The Morgan fingerprint density at radius 2 is 1.90 bits per heavy atom. The summed E-state index contributed by atoms with van der Waals surface area (Å²) in [5.74, 6) is -0.242. The molecular weight excluding hydrogens is 426 g/mol. The van der Waals surface area contributed by atoms with Crippen molar-refractivity contribution >= 4 is 39.3 Å². The second-order valence-electron chi connectivity index (χ2n) is 8.35. The second kappa shape index (κ2) is 8.15. The van der Waals surface area contributed by atoms with Gasteiger partial charge in [0.05, 0.1) is 17.3 Å². The number of hydrogen-bond donors (Lipinski definition) is 1. The number of anilines is 1. The molecule has 1 aliphatic rings. The van der Waals surface area contributed by atoms with Crippen molar-refractivity contribution in [1.82, 2.24) is 5.43 Å². The topological polar surface area (TPSA) is 44.7 Å². The van der Waals surface area contributed by atoms with E-state index in [1.165, 1.54) is 16.8 Å². The van der Waals surface area contributed by atoms with E-state index in [4.69, 9.17) is 0 Å². The summed E-state index contributed by atoms with van der Waals surface area (Å²) >= 11 is 3.40. The average Bonchev–Trinajstić information content (AvgIpc) is 2.61. The quantitative estimate of drug-likeness (QED) is 0.460. The highest BCUT2D eigenvalue weighted by Gasteiger charge is 2.33. The second-order valence-corrected chi connectivity index (χ2v) is 9.20. The normalized spacial score (nSPS) is 15.4. The zero-order valence-electron chi connectivity index (χ0n) is 17.9. The third-order valence-electron chi connectivity index (χ3n) is 5.26. The van der Waals surface area contributed by atoms with Gasteiger partial charge < -0.3 is 4.90 Å². The van der Waals surface area contributed by atoms with Gasteiger partial charge in [0.2, 0.25) is 0 Å². The molecule has 2 aromatic rings. The van der Waals surface area contributed by atoms with E-state index in [0.29, 0.717) is 11.6 Å². The Labute approximate surface area is 181 Å². The molecule has 0 fully saturated rings. The maximum absolute atomic E-state index is 12.3. The number of carbonyl (C=O) groups excluding carboxylic acids is 1. The van der Waals surface area contributed by atoms with Crippen LogP contribution in [-0.2, 0) is 0 Å². The van der Waals surface area contributed by atoms with Gasteiger partial charge in [0, 0.05) is 21.8 Å². The first kappa shape index (κ1) is 21.3. The number of hydrazone groups is 1. The fourth-order valence-corrected chi connectivity index (χ4v) is 4.63. The molecule has 1 amide bonds. The first-order valence-electron chi connectivity index (χ1n) is 9.83. The minimum atomic E-state index is -0.242. The monoisotopic (exact) mass is 453 g/mol. The van der Waals surface area contributed by atoms with Crippen molar-refractivity contribution in [2.24, 2.45) is 5.10 Å². The molecule has 0 spiro atoms. The fourth-order valence-electron chi connectivity index (χ4n) is 4.16. The van der Waals surface area contributed by atoms with Crippen molar-refractivity contribution in [3.8, 4) is 0 Å². The van der Waals surface area contributed by atoms with Crippen LogP contribution in [0.15, 0.2) is 52.0 Å². The molecule has 0 atom stereocenters. The summed E-state index contributed by atoms with van der Waals surface area (Å²) in [5.41, 5.74) is 8.97. The van der Waals surface area contributed by atoms with E-state index >= 15 is 0 Å². The highest BCUT2D eigenvalue weighted by atomic mass is 79.9. The van der Waals surface area contributed by atoms with Crippen LogP contribution in [0.25, 0.3) is 5.57 Å². The molecule has 0 unspecified atom stereocenters. The molecule has 2 aromatic carbocycles. The number of rotatable bonds is 4. The Kier molecular flexibility index (Phi) is 5.99. The lowest BCUT2D eigenvalue weighted by Crippen LogP contribution is -2.49. The van der Waals surface area contributed by atoms with E-state index in [1.54, 1.807) is 12.3 Å². The van der Waals surface area contributed by atoms with Gasteiger partial charge in [-0.25, -0.2) is 5.43 Å². The van der Waals surface area contributed by atoms with Gasteiger partial charge in [0.1, 0.15) is 0 Å². The predicted molar refractivity (Wildman–Crippen MR) is 126 cm³/mol. The van der Waals surface area contributed by atoms with Crippen molar-refractivity contribution in [3.63, 3.8) is 0 Å². The minimum absolute atomic E-state index is 0.0374. The highest BCUT2D eigenvalue weighted by molar-refractivity contribution is 9.10. The summed E-state index contributed by atoms with van der Waals surface area (Å²) in [5, 5.41) is 4.20. The summed E-state index contributed by atoms with van der Waals surface area (Å²) in [6.45, 7) is 13.2. The molecule has 4 nitrogen and oxygen atoms in total. The number of allylic oxidation sites excluding steroid dienone is 1. The third-order valence-corrected chi connectivity index (χ3v) is 5.96. The summed E-state index contributed by atoms with van der Waals surface area (Å²) in [4.78, 5) is 14.8. The lowest BCUT2D eigenvalue weighted by atomic mass is 9.86. The molecular formula is C24H28BrN3O. The van der Waals surface area contributed by atoms with Crippen LogP contribution >= 0.6 is 15.9 Å². The molecule has 3 rings (SSSR count). The molecule has 0 saturated heterocycles. The summed E-state index contributed by atoms with van der Waals surface area (Å²) in [6, 6.07) is 12.1. The zero-order chi connectivity index (χ0) is 21.3. The Hall–Kier alpha value is -2.40. The fraction of sp³-hybridized carbons (Fsp3) is 0.333. The van der Waals surface area contributed by atoms with E-state index in [1.807, 2.05) is 18.2 Å². The predicted octanol–water partition coefficient (Wildman–Crippen LogP) is 5.93. The summed E-state index contributed by atoms with van der Waals surface area (Å²) in [6.07, 6.45) is 4.04. The largest absolute Gasteiger partial charge is 0.360 e. The van der Waals surface area contributed by atoms with Crippen LogP contribution in [0.4, 0.5) is 5.69 Å². The average molecular weight is 454 g/mol. The Morgan fingerprint density at radius 1 is 1.21 bits per heavy atom. The molecule has 0 radical (unpaired) electrons. The SMILES string of the molecule is CC1=CC(C)(C)N(C(C)C)c2cc(C)c(/C=N/NC(=O)c3ccccc3Br)cc21. The molecule has 29 heavy (non-hydrogen) atoms. The summed E-state index contributed by atoms with van der Waals surface area (Å²) < 4.78 is 0.745. The molecule has 1 N–H and O–H groups in total. The highest BCUT2D eigenvalue weighted by Crippen LogP contribution is 2.41. The Morgan fingerprint density at radius 3 is 2.55 bits per heavy atom. The van der Waals surface area contributed by atoms with E-state index in [0.717, 1.165) is 15.6 Å². The molecule has 0 aliphatic carbocycles. The standard InChI is InChI=1S/C24H28BrN3O/c1-15(2)28-22-11-16(3)18(12-20(22)17(4)13-24(28,5)6)14-26-27-23(29)19-9-7-8-10-21(19)25/h7-15H,1-6H3,(H,27,29)/b26-14+. The number of fused-ring (bicyclic) bond motifs is 1. The number of halogens is 1. The van der Waals surface area contributed by atoms with Gasteiger partial charge in [0.25, 0.3) is 5.91 Å². The van der Waals surface area contributed by atoms with Gasteiger partial charge >= 0.3 is 0 Å². The molecule has 0 saturated carbocycles. The van der Waals surface area contributed by atoms with Crippen LogP contribution < -0.4 is 10.3 Å². The van der Waals surface area contributed by atoms with Crippen LogP contribution in [0.1, 0.15) is 61.7 Å². The van der Waals surface area contributed by atoms with Crippen molar-refractivity contribution in [3.05, 3.63) is 69.2 Å². The first-order valence-corrected chi connectivity index (χ1v) is 10.6. The van der Waals surface area contributed by atoms with Crippen molar-refractivity contribution in [2.45, 2.75) is 53.1 Å². The van der Waals surface area contributed by atoms with Crippen molar-refractivity contribution in [1.29, 1.82) is 0 Å². The van der Waals surface area contributed by atoms with Gasteiger partial charge in [-0.3, -0.25) is 4.79 Å². The van der Waals surface area contributed by atoms with E-state index < -0.39 is 0 Å². The number of nitrogens with zero attached hydrogens (tertiary/aromatic N) is 2. The number of hydrogen-bond acceptors (Lipinski definition) is 3. The van der Waals surface area contributed by atoms with Crippen LogP contribution in [0.5, 0.6) is 0 Å². The van der Waals surface area contributed by atoms with Gasteiger partial charge in [0.15, 0.2) is 0 Å². The lowest BCUT2D eigenvalue weighted by molar-refractivity contribution is 0.0954.